The molecule has 6 heteroatoms. The minimum absolute atomic E-state index is 0.0112. The first-order valence-electron chi connectivity index (χ1n) is 8.05. The molecule has 25 heavy (non-hydrogen) atoms. The van der Waals surface area contributed by atoms with Crippen molar-refractivity contribution >= 4 is 21.6 Å². The lowest BCUT2D eigenvalue weighted by Crippen LogP contribution is -2.04. The average Bonchev–Trinajstić information content (AvgIpc) is 3.07. The zero-order valence-electron chi connectivity index (χ0n) is 14.0. The smallest absolute Gasteiger partial charge is 0.228 e. The van der Waals surface area contributed by atoms with Gasteiger partial charge in [0.1, 0.15) is 0 Å². The number of hydrogen-bond donors (Lipinski definition) is 0. The molecular weight excluding hydrogens is 354 g/mol. The molecule has 4 nitrogen and oxygen atoms in total. The maximum atomic E-state index is 13.0. The first kappa shape index (κ1) is 17.8. The van der Waals surface area contributed by atoms with Gasteiger partial charge >= 0.3 is 0 Å². The minimum Gasteiger partial charge on any atom is -0.428 e. The van der Waals surface area contributed by atoms with Crippen molar-refractivity contribution in [3.05, 3.63) is 60.7 Å². The molecule has 0 fully saturated rings. The van der Waals surface area contributed by atoms with E-state index in [4.69, 9.17) is 4.42 Å². The molecule has 130 valence electrons. The normalized spacial score (nSPS) is 12.9. The second-order valence-corrected chi connectivity index (χ2v) is 8.91. The van der Waals surface area contributed by atoms with Gasteiger partial charge < -0.3 is 4.42 Å². The van der Waals surface area contributed by atoms with Gasteiger partial charge in [0.2, 0.25) is 25.8 Å². The molecule has 1 heterocycles. The predicted octanol–water partition coefficient (Wildman–Crippen LogP) is 5.07. The Labute approximate surface area is 152 Å². The Morgan fingerprint density at radius 2 is 1.64 bits per heavy atom. The molecule has 0 saturated heterocycles. The minimum atomic E-state index is -3.74. The Hall–Kier alpha value is -2.05. The van der Waals surface area contributed by atoms with Crippen molar-refractivity contribution in [3.63, 3.8) is 0 Å². The molecule has 0 radical (unpaired) electrons. The van der Waals surface area contributed by atoms with Gasteiger partial charge in [-0.1, -0.05) is 62.0 Å². The van der Waals surface area contributed by atoms with Gasteiger partial charge in [0.15, 0.2) is 0 Å². The van der Waals surface area contributed by atoms with Gasteiger partial charge in [-0.15, -0.1) is 0 Å². The molecule has 0 bridgehead atoms. The van der Waals surface area contributed by atoms with Crippen molar-refractivity contribution in [3.8, 4) is 11.5 Å². The van der Waals surface area contributed by atoms with E-state index in [0.29, 0.717) is 11.0 Å². The lowest BCUT2D eigenvalue weighted by atomic mass is 10.2. The molecule has 0 amide bonds. The Balaban J connectivity index is 2.12. The van der Waals surface area contributed by atoms with E-state index in [2.05, 4.69) is 11.9 Å². The predicted molar refractivity (Wildman–Crippen MR) is 99.4 cm³/mol. The van der Waals surface area contributed by atoms with Crippen LogP contribution >= 0.6 is 11.8 Å². The number of aromatic nitrogens is 1. The highest BCUT2D eigenvalue weighted by molar-refractivity contribution is 8.00. The molecule has 1 aromatic heterocycles. The molecule has 0 saturated carbocycles. The van der Waals surface area contributed by atoms with Crippen molar-refractivity contribution in [2.24, 2.45) is 0 Å². The van der Waals surface area contributed by atoms with Gasteiger partial charge in [0.05, 0.1) is 4.90 Å². The summed E-state index contributed by atoms with van der Waals surface area (Å²) in [6.45, 7) is 4.09. The topological polar surface area (TPSA) is 60.2 Å². The molecule has 1 atom stereocenters. The molecule has 2 aromatic carbocycles. The van der Waals surface area contributed by atoms with E-state index in [-0.39, 0.29) is 15.2 Å². The number of oxazole rings is 1. The zero-order chi connectivity index (χ0) is 17.9. The van der Waals surface area contributed by atoms with Gasteiger partial charge in [-0.2, -0.15) is 4.98 Å². The van der Waals surface area contributed by atoms with E-state index < -0.39 is 9.84 Å². The fourth-order valence-electron chi connectivity index (χ4n) is 2.22. The number of nitrogens with zero attached hydrogens (tertiary/aromatic N) is 1. The van der Waals surface area contributed by atoms with Crippen molar-refractivity contribution in [1.29, 1.82) is 0 Å². The zero-order valence-corrected chi connectivity index (χ0v) is 15.7. The van der Waals surface area contributed by atoms with Crippen LogP contribution in [0.3, 0.4) is 0 Å². The number of thioether (sulfide) groups is 1. The van der Waals surface area contributed by atoms with Gasteiger partial charge in [-0.3, -0.25) is 0 Å². The van der Waals surface area contributed by atoms with Crippen LogP contribution in [0.15, 0.2) is 80.1 Å². The summed E-state index contributed by atoms with van der Waals surface area (Å²) in [4.78, 5) is 4.56. The van der Waals surface area contributed by atoms with Crippen LogP contribution in [0.4, 0.5) is 0 Å². The largest absolute Gasteiger partial charge is 0.428 e. The summed E-state index contributed by atoms with van der Waals surface area (Å²) in [5.74, 6) is 0.320. The first-order chi connectivity index (χ1) is 12.0. The third kappa shape index (κ3) is 3.80. The van der Waals surface area contributed by atoms with Crippen LogP contribution in [0.1, 0.15) is 20.3 Å². The van der Waals surface area contributed by atoms with E-state index in [0.717, 1.165) is 12.0 Å². The fourth-order valence-corrected chi connectivity index (χ4v) is 4.70. The average molecular weight is 373 g/mol. The molecule has 0 aliphatic heterocycles. The maximum absolute atomic E-state index is 13.0. The van der Waals surface area contributed by atoms with Gasteiger partial charge in [0.25, 0.3) is 0 Å². The van der Waals surface area contributed by atoms with E-state index in [1.807, 2.05) is 37.3 Å². The lowest BCUT2D eigenvalue weighted by Gasteiger charge is -2.07. The summed E-state index contributed by atoms with van der Waals surface area (Å²) < 4.78 is 31.9. The summed E-state index contributed by atoms with van der Waals surface area (Å²) >= 11 is 1.40. The van der Waals surface area contributed by atoms with Crippen molar-refractivity contribution in [1.82, 2.24) is 4.98 Å². The molecule has 3 aromatic rings. The van der Waals surface area contributed by atoms with Crippen LogP contribution < -0.4 is 0 Å². The lowest BCUT2D eigenvalue weighted by molar-refractivity contribution is 0.469. The van der Waals surface area contributed by atoms with Crippen molar-refractivity contribution in [2.75, 3.05) is 0 Å². The van der Waals surface area contributed by atoms with Gasteiger partial charge in [-0.05, 0) is 30.7 Å². The van der Waals surface area contributed by atoms with E-state index in [1.54, 1.807) is 30.3 Å². The molecule has 0 unspecified atom stereocenters. The standard InChI is InChI=1S/C19H19NO3S2/c1-3-14(2)24-19-18(25(21,22)16-12-8-5-9-13-16)20-17(23-19)15-10-6-4-7-11-15/h4-14H,3H2,1-2H3/t14-/m1/s1. The third-order valence-electron chi connectivity index (χ3n) is 3.78. The van der Waals surface area contributed by atoms with E-state index >= 15 is 0 Å². The molecule has 0 spiro atoms. The van der Waals surface area contributed by atoms with E-state index in [1.165, 1.54) is 11.8 Å². The Morgan fingerprint density at radius 3 is 2.24 bits per heavy atom. The Morgan fingerprint density at radius 1 is 1.04 bits per heavy atom. The molecule has 0 aliphatic rings. The molecule has 0 aliphatic carbocycles. The van der Waals surface area contributed by atoms with Crippen LogP contribution in [0.25, 0.3) is 11.5 Å². The van der Waals surface area contributed by atoms with Crippen LogP contribution in [0.2, 0.25) is 0 Å². The van der Waals surface area contributed by atoms with Crippen LogP contribution in [-0.2, 0) is 9.84 Å². The number of hydrogen-bond acceptors (Lipinski definition) is 5. The number of rotatable bonds is 6. The second kappa shape index (κ2) is 7.45. The van der Waals surface area contributed by atoms with Crippen LogP contribution in [0, 0.1) is 0 Å². The highest BCUT2D eigenvalue weighted by atomic mass is 32.2. The summed E-state index contributed by atoms with van der Waals surface area (Å²) in [5, 5.41) is 0.557. The fraction of sp³-hybridized carbons (Fsp3) is 0.211. The summed E-state index contributed by atoms with van der Waals surface area (Å²) in [6.07, 6.45) is 0.900. The van der Waals surface area contributed by atoms with E-state index in [9.17, 15) is 8.42 Å². The summed E-state index contributed by atoms with van der Waals surface area (Å²) in [5.41, 5.74) is 0.753. The van der Waals surface area contributed by atoms with Crippen molar-refractivity contribution < 1.29 is 12.8 Å². The maximum Gasteiger partial charge on any atom is 0.228 e. The second-order valence-electron chi connectivity index (χ2n) is 5.63. The number of sulfone groups is 1. The summed E-state index contributed by atoms with van der Waals surface area (Å²) in [6, 6.07) is 17.7. The summed E-state index contributed by atoms with van der Waals surface area (Å²) in [7, 11) is -3.74. The number of benzene rings is 2. The first-order valence-corrected chi connectivity index (χ1v) is 10.4. The van der Waals surface area contributed by atoms with Crippen LogP contribution in [0.5, 0.6) is 0 Å². The highest BCUT2D eigenvalue weighted by Crippen LogP contribution is 2.37. The Kier molecular flexibility index (Phi) is 5.30. The molecular formula is C19H19NO3S2. The van der Waals surface area contributed by atoms with Gasteiger partial charge in [-0.25, -0.2) is 8.42 Å². The Bertz CT molecular complexity index is 935. The quantitative estimate of drug-likeness (QED) is 0.565. The van der Waals surface area contributed by atoms with Crippen molar-refractivity contribution in [2.45, 2.75) is 40.5 Å². The van der Waals surface area contributed by atoms with Crippen LogP contribution in [-0.4, -0.2) is 18.7 Å². The monoisotopic (exact) mass is 373 g/mol. The molecule has 0 N–H and O–H groups in total. The SMILES string of the molecule is CC[C@@H](C)Sc1oc(-c2ccccc2)nc1S(=O)(=O)c1ccccc1. The highest BCUT2D eigenvalue weighted by Gasteiger charge is 2.29. The molecule has 3 rings (SSSR count). The third-order valence-corrected chi connectivity index (χ3v) is 6.81. The van der Waals surface area contributed by atoms with Gasteiger partial charge in [0, 0.05) is 10.8 Å².